The van der Waals surface area contributed by atoms with E-state index < -0.39 is 0 Å². The molecule has 0 saturated carbocycles. The van der Waals surface area contributed by atoms with Crippen LogP contribution in [-0.2, 0) is 16.0 Å². The highest BCUT2D eigenvalue weighted by Crippen LogP contribution is 2.32. The van der Waals surface area contributed by atoms with Gasteiger partial charge < -0.3 is 19.9 Å². The van der Waals surface area contributed by atoms with E-state index in [4.69, 9.17) is 4.74 Å². The average molecular weight is 456 g/mol. The highest BCUT2D eigenvalue weighted by atomic mass is 19.1. The lowest BCUT2D eigenvalue weighted by Gasteiger charge is -2.31. The minimum atomic E-state index is -0.355. The number of piperidine rings is 1. The van der Waals surface area contributed by atoms with E-state index in [2.05, 4.69) is 10.3 Å². The largest absolute Gasteiger partial charge is 0.450 e. The SMILES string of the molecule is CCOC(=O)N1CCC(NC(=O)CCc2c(-c3ccc(F)cc3)[nH]c3ccc(F)cc23)CC1. The first kappa shape index (κ1) is 22.8. The number of hydrogen-bond acceptors (Lipinski definition) is 3. The van der Waals surface area contributed by atoms with Gasteiger partial charge in [-0.25, -0.2) is 13.6 Å². The van der Waals surface area contributed by atoms with Gasteiger partial charge in [0.25, 0.3) is 0 Å². The highest BCUT2D eigenvalue weighted by molar-refractivity contribution is 5.91. The Morgan fingerprint density at radius 2 is 1.79 bits per heavy atom. The number of H-pyrrole nitrogens is 1. The first-order chi connectivity index (χ1) is 15.9. The molecular weight excluding hydrogens is 428 g/mol. The Bertz CT molecular complexity index is 1140. The van der Waals surface area contributed by atoms with Gasteiger partial charge in [0.15, 0.2) is 0 Å². The summed E-state index contributed by atoms with van der Waals surface area (Å²) in [6.07, 6.45) is 1.66. The van der Waals surface area contributed by atoms with E-state index in [1.54, 1.807) is 30.0 Å². The zero-order chi connectivity index (χ0) is 23.4. The van der Waals surface area contributed by atoms with E-state index in [1.807, 2.05) is 0 Å². The summed E-state index contributed by atoms with van der Waals surface area (Å²) in [5.41, 5.74) is 3.11. The number of nitrogens with one attached hydrogen (secondary N) is 2. The van der Waals surface area contributed by atoms with E-state index in [1.165, 1.54) is 24.3 Å². The van der Waals surface area contributed by atoms with Crippen LogP contribution in [0.25, 0.3) is 22.2 Å². The molecule has 1 aromatic heterocycles. The minimum absolute atomic E-state index is 0.000147. The Morgan fingerprint density at radius 1 is 1.09 bits per heavy atom. The number of aromatic amines is 1. The standard InChI is InChI=1S/C25H27F2N3O3/c1-2-33-25(32)30-13-11-19(12-14-30)28-23(31)10-8-20-21-15-18(27)7-9-22(21)29-24(20)16-3-5-17(26)6-4-16/h3-7,9,15,19,29H,2,8,10-14H2,1H3,(H,28,31). The van der Waals surface area contributed by atoms with E-state index in [0.29, 0.717) is 44.3 Å². The molecule has 1 aliphatic rings. The fourth-order valence-corrected chi connectivity index (χ4v) is 4.30. The van der Waals surface area contributed by atoms with Crippen LogP contribution in [-0.4, -0.2) is 47.6 Å². The lowest BCUT2D eigenvalue weighted by Crippen LogP contribution is -2.46. The van der Waals surface area contributed by atoms with Gasteiger partial charge in [0.1, 0.15) is 11.6 Å². The molecule has 8 heteroatoms. The minimum Gasteiger partial charge on any atom is -0.450 e. The molecule has 0 spiro atoms. The number of fused-ring (bicyclic) bond motifs is 1. The van der Waals surface area contributed by atoms with Crippen LogP contribution in [0.4, 0.5) is 13.6 Å². The van der Waals surface area contributed by atoms with E-state index in [9.17, 15) is 18.4 Å². The number of aromatic nitrogens is 1. The number of benzene rings is 2. The Morgan fingerprint density at radius 3 is 2.48 bits per heavy atom. The van der Waals surface area contributed by atoms with Crippen molar-refractivity contribution in [3.8, 4) is 11.3 Å². The van der Waals surface area contributed by atoms with Crippen molar-refractivity contribution in [1.29, 1.82) is 0 Å². The molecule has 3 aromatic rings. The van der Waals surface area contributed by atoms with Gasteiger partial charge in [-0.05, 0) is 79.8 Å². The third-order valence-electron chi connectivity index (χ3n) is 5.99. The number of likely N-dealkylation sites (tertiary alicyclic amines) is 1. The monoisotopic (exact) mass is 455 g/mol. The Balaban J connectivity index is 1.43. The topological polar surface area (TPSA) is 74.4 Å². The van der Waals surface area contributed by atoms with Crippen molar-refractivity contribution in [1.82, 2.24) is 15.2 Å². The van der Waals surface area contributed by atoms with Crippen molar-refractivity contribution in [2.45, 2.75) is 38.6 Å². The molecule has 2 aromatic carbocycles. The molecule has 1 aliphatic heterocycles. The molecule has 2 amide bonds. The maximum atomic E-state index is 13.9. The summed E-state index contributed by atoms with van der Waals surface area (Å²) < 4.78 is 32.4. The molecule has 0 aliphatic carbocycles. The van der Waals surface area contributed by atoms with Gasteiger partial charge in [0.2, 0.25) is 5.91 Å². The summed E-state index contributed by atoms with van der Waals surface area (Å²) >= 11 is 0. The number of carbonyl (C=O) groups is 2. The lowest BCUT2D eigenvalue weighted by atomic mass is 10.00. The number of aryl methyl sites for hydroxylation is 1. The maximum Gasteiger partial charge on any atom is 0.409 e. The van der Waals surface area contributed by atoms with Gasteiger partial charge in [-0.15, -0.1) is 0 Å². The van der Waals surface area contributed by atoms with E-state index in [0.717, 1.165) is 22.3 Å². The normalized spacial score (nSPS) is 14.5. The molecule has 0 unspecified atom stereocenters. The van der Waals surface area contributed by atoms with Crippen LogP contribution >= 0.6 is 0 Å². The summed E-state index contributed by atoms with van der Waals surface area (Å²) in [5, 5.41) is 3.76. The van der Waals surface area contributed by atoms with Crippen molar-refractivity contribution in [2.24, 2.45) is 0 Å². The lowest BCUT2D eigenvalue weighted by molar-refractivity contribution is -0.122. The number of halogens is 2. The van der Waals surface area contributed by atoms with Crippen LogP contribution in [0.3, 0.4) is 0 Å². The second-order valence-corrected chi connectivity index (χ2v) is 8.20. The first-order valence-corrected chi connectivity index (χ1v) is 11.2. The molecule has 2 heterocycles. The van der Waals surface area contributed by atoms with Crippen LogP contribution in [0.15, 0.2) is 42.5 Å². The predicted octanol–water partition coefficient (Wildman–Crippen LogP) is 4.78. The summed E-state index contributed by atoms with van der Waals surface area (Å²) in [5.74, 6) is -0.789. The predicted molar refractivity (Wildman–Crippen MR) is 122 cm³/mol. The molecule has 0 atom stereocenters. The van der Waals surface area contributed by atoms with Crippen LogP contribution in [0, 0.1) is 11.6 Å². The molecule has 174 valence electrons. The van der Waals surface area contributed by atoms with Gasteiger partial charge in [0.05, 0.1) is 6.61 Å². The second kappa shape index (κ2) is 10.0. The molecule has 6 nitrogen and oxygen atoms in total. The highest BCUT2D eigenvalue weighted by Gasteiger charge is 2.24. The molecule has 4 rings (SSSR count). The van der Waals surface area contributed by atoms with Gasteiger partial charge in [-0.1, -0.05) is 0 Å². The van der Waals surface area contributed by atoms with Crippen LogP contribution in [0.2, 0.25) is 0 Å². The van der Waals surface area contributed by atoms with E-state index in [-0.39, 0.29) is 36.1 Å². The zero-order valence-corrected chi connectivity index (χ0v) is 18.5. The number of nitrogens with zero attached hydrogens (tertiary/aromatic N) is 1. The number of rotatable bonds is 6. The second-order valence-electron chi connectivity index (χ2n) is 8.20. The number of amides is 2. The Labute approximate surface area is 190 Å². The van der Waals surface area contributed by atoms with E-state index >= 15 is 0 Å². The third kappa shape index (κ3) is 5.32. The average Bonchev–Trinajstić information content (AvgIpc) is 3.16. The maximum absolute atomic E-state index is 13.9. The van der Waals surface area contributed by atoms with Crippen LogP contribution < -0.4 is 5.32 Å². The number of hydrogen-bond donors (Lipinski definition) is 2. The summed E-state index contributed by atoms with van der Waals surface area (Å²) in [6, 6.07) is 10.6. The van der Waals surface area contributed by atoms with Crippen molar-refractivity contribution in [2.75, 3.05) is 19.7 Å². The molecule has 0 radical (unpaired) electrons. The van der Waals surface area contributed by atoms with Crippen molar-refractivity contribution >= 4 is 22.9 Å². The molecule has 0 bridgehead atoms. The molecule has 33 heavy (non-hydrogen) atoms. The molecule has 1 saturated heterocycles. The fourth-order valence-electron chi connectivity index (χ4n) is 4.30. The van der Waals surface area contributed by atoms with Gasteiger partial charge in [0, 0.05) is 42.1 Å². The van der Waals surface area contributed by atoms with Crippen LogP contribution in [0.1, 0.15) is 31.7 Å². The van der Waals surface area contributed by atoms with Crippen molar-refractivity contribution in [3.63, 3.8) is 0 Å². The number of carbonyl (C=O) groups excluding carboxylic acids is 2. The van der Waals surface area contributed by atoms with Gasteiger partial charge in [-0.3, -0.25) is 4.79 Å². The molecule has 2 N–H and O–H groups in total. The first-order valence-electron chi connectivity index (χ1n) is 11.2. The molecular formula is C25H27F2N3O3. The summed E-state index contributed by atoms with van der Waals surface area (Å²) in [7, 11) is 0. The van der Waals surface area contributed by atoms with Crippen molar-refractivity contribution < 1.29 is 23.1 Å². The van der Waals surface area contributed by atoms with Gasteiger partial charge >= 0.3 is 6.09 Å². The van der Waals surface area contributed by atoms with Gasteiger partial charge in [-0.2, -0.15) is 0 Å². The van der Waals surface area contributed by atoms with Crippen LogP contribution in [0.5, 0.6) is 0 Å². The fraction of sp³-hybridized carbons (Fsp3) is 0.360. The smallest absolute Gasteiger partial charge is 0.409 e. The third-order valence-corrected chi connectivity index (χ3v) is 5.99. The Kier molecular flexibility index (Phi) is 6.91. The zero-order valence-electron chi connectivity index (χ0n) is 18.5. The number of ether oxygens (including phenoxy) is 1. The quantitative estimate of drug-likeness (QED) is 0.562. The van der Waals surface area contributed by atoms with Crippen molar-refractivity contribution in [3.05, 3.63) is 59.7 Å². The summed E-state index contributed by atoms with van der Waals surface area (Å²) in [6.45, 7) is 3.20. The summed E-state index contributed by atoms with van der Waals surface area (Å²) in [4.78, 5) is 29.4. The Hall–Kier alpha value is -3.42. The molecule has 1 fully saturated rings.